The minimum absolute atomic E-state index is 0.0167. The molecule has 0 unspecified atom stereocenters. The van der Waals surface area contributed by atoms with Crippen molar-refractivity contribution < 1.29 is 18.0 Å². The third-order valence-corrected chi connectivity index (χ3v) is 4.88. The molecule has 0 bridgehead atoms. The molecule has 6 nitrogen and oxygen atoms in total. The second-order valence-electron chi connectivity index (χ2n) is 6.41. The predicted molar refractivity (Wildman–Crippen MR) is 107 cm³/mol. The molecule has 0 fully saturated rings. The van der Waals surface area contributed by atoms with Gasteiger partial charge in [-0.15, -0.1) is 5.10 Å². The largest absolute Gasteiger partial charge is 0.416 e. The van der Waals surface area contributed by atoms with Gasteiger partial charge in [-0.1, -0.05) is 29.7 Å². The molecule has 0 spiro atoms. The van der Waals surface area contributed by atoms with E-state index in [1.165, 1.54) is 23.9 Å². The highest BCUT2D eigenvalue weighted by atomic mass is 32.2. The maximum absolute atomic E-state index is 12.7. The maximum Gasteiger partial charge on any atom is 0.416 e. The van der Waals surface area contributed by atoms with Crippen LogP contribution in [0.25, 0.3) is 5.78 Å². The molecule has 1 amide bonds. The van der Waals surface area contributed by atoms with Gasteiger partial charge in [0.1, 0.15) is 0 Å². The molecule has 156 valence electrons. The van der Waals surface area contributed by atoms with Crippen LogP contribution < -0.4 is 5.32 Å². The van der Waals surface area contributed by atoms with Crippen molar-refractivity contribution in [2.24, 2.45) is 0 Å². The van der Waals surface area contributed by atoms with Crippen LogP contribution in [0, 0.1) is 25.7 Å². The molecular weight excluding hydrogens is 415 g/mol. The number of amides is 1. The van der Waals surface area contributed by atoms with Crippen LogP contribution in [0.2, 0.25) is 0 Å². The van der Waals surface area contributed by atoms with Crippen molar-refractivity contribution in [2.45, 2.75) is 31.6 Å². The van der Waals surface area contributed by atoms with Crippen LogP contribution in [-0.2, 0) is 17.4 Å². The third-order valence-electron chi connectivity index (χ3n) is 4.35. The Kier molecular flexibility index (Phi) is 6.31. The van der Waals surface area contributed by atoms with Crippen molar-refractivity contribution in [1.29, 1.82) is 0 Å². The summed E-state index contributed by atoms with van der Waals surface area (Å²) in [4.78, 5) is 21.0. The highest BCUT2D eigenvalue weighted by molar-refractivity contribution is 7.98. The van der Waals surface area contributed by atoms with Gasteiger partial charge in [0.15, 0.2) is 0 Å². The molecule has 30 heavy (non-hydrogen) atoms. The SMILES string of the molecule is CSc1nc2nc(C)c(CC(=O)NCC#Cc3cccc(C(F)(F)F)c3)c(C)n2n1. The number of hydrogen-bond donors (Lipinski definition) is 1. The van der Waals surface area contributed by atoms with Crippen molar-refractivity contribution in [3.05, 3.63) is 52.3 Å². The number of nitrogens with one attached hydrogen (secondary N) is 1. The van der Waals surface area contributed by atoms with Crippen molar-refractivity contribution in [1.82, 2.24) is 24.9 Å². The Bertz CT molecular complexity index is 1160. The van der Waals surface area contributed by atoms with Crippen LogP contribution in [0.1, 0.15) is 28.1 Å². The number of carbonyl (C=O) groups excluding carboxylic acids is 1. The van der Waals surface area contributed by atoms with Crippen LogP contribution in [0.3, 0.4) is 0 Å². The molecule has 0 aliphatic rings. The summed E-state index contributed by atoms with van der Waals surface area (Å²) < 4.78 is 39.8. The lowest BCUT2D eigenvalue weighted by molar-refractivity contribution is -0.137. The number of aromatic nitrogens is 4. The van der Waals surface area contributed by atoms with Gasteiger partial charge in [-0.05, 0) is 38.3 Å². The Morgan fingerprint density at radius 2 is 2.03 bits per heavy atom. The summed E-state index contributed by atoms with van der Waals surface area (Å²) in [5.41, 5.74) is 1.67. The fraction of sp³-hybridized carbons (Fsp3) is 0.300. The van der Waals surface area contributed by atoms with Gasteiger partial charge in [0.2, 0.25) is 11.1 Å². The van der Waals surface area contributed by atoms with Gasteiger partial charge in [-0.2, -0.15) is 18.2 Å². The fourth-order valence-electron chi connectivity index (χ4n) is 2.82. The Morgan fingerprint density at radius 1 is 1.27 bits per heavy atom. The molecule has 0 radical (unpaired) electrons. The molecule has 2 aromatic heterocycles. The molecule has 3 rings (SSSR count). The molecule has 0 aliphatic heterocycles. The first-order valence-corrected chi connectivity index (χ1v) is 10.1. The highest BCUT2D eigenvalue weighted by Gasteiger charge is 2.30. The van der Waals surface area contributed by atoms with E-state index in [4.69, 9.17) is 0 Å². The van der Waals surface area contributed by atoms with Gasteiger partial charge < -0.3 is 5.32 Å². The van der Waals surface area contributed by atoms with Crippen molar-refractivity contribution >= 4 is 23.4 Å². The summed E-state index contributed by atoms with van der Waals surface area (Å²) in [5, 5.41) is 7.59. The van der Waals surface area contributed by atoms with Gasteiger partial charge in [0.25, 0.3) is 5.78 Å². The minimum Gasteiger partial charge on any atom is -0.345 e. The number of nitrogens with zero attached hydrogens (tertiary/aromatic N) is 4. The number of hydrogen-bond acceptors (Lipinski definition) is 5. The monoisotopic (exact) mass is 433 g/mol. The summed E-state index contributed by atoms with van der Waals surface area (Å²) in [7, 11) is 0. The first-order valence-electron chi connectivity index (χ1n) is 8.88. The molecule has 0 atom stereocenters. The molecular formula is C20H18F3N5OS. The van der Waals surface area contributed by atoms with Crippen molar-refractivity contribution in [2.75, 3.05) is 12.8 Å². The average molecular weight is 433 g/mol. The summed E-state index contributed by atoms with van der Waals surface area (Å²) >= 11 is 1.40. The summed E-state index contributed by atoms with van der Waals surface area (Å²) in [6.45, 7) is 3.66. The molecule has 0 saturated carbocycles. The topological polar surface area (TPSA) is 72.2 Å². The lowest BCUT2D eigenvalue weighted by Gasteiger charge is -2.09. The number of carbonyl (C=O) groups is 1. The van der Waals surface area contributed by atoms with E-state index in [1.54, 1.807) is 11.4 Å². The van der Waals surface area contributed by atoms with E-state index < -0.39 is 11.7 Å². The maximum atomic E-state index is 12.7. The Labute approximate surface area is 175 Å². The summed E-state index contributed by atoms with van der Waals surface area (Å²) in [6.07, 6.45) is -2.47. The van der Waals surface area contributed by atoms with E-state index in [-0.39, 0.29) is 24.4 Å². The van der Waals surface area contributed by atoms with E-state index in [2.05, 4.69) is 32.2 Å². The Hall–Kier alpha value is -3.06. The number of fused-ring (bicyclic) bond motifs is 1. The van der Waals surface area contributed by atoms with Gasteiger partial charge >= 0.3 is 6.18 Å². The van der Waals surface area contributed by atoms with Crippen molar-refractivity contribution in [3.63, 3.8) is 0 Å². The number of rotatable bonds is 4. The van der Waals surface area contributed by atoms with Crippen LogP contribution in [0.5, 0.6) is 0 Å². The molecule has 1 N–H and O–H groups in total. The van der Waals surface area contributed by atoms with E-state index in [0.29, 0.717) is 16.6 Å². The van der Waals surface area contributed by atoms with E-state index in [1.807, 2.05) is 13.2 Å². The minimum atomic E-state index is -4.42. The Morgan fingerprint density at radius 3 is 2.73 bits per heavy atom. The number of thioether (sulfide) groups is 1. The molecule has 0 aliphatic carbocycles. The smallest absolute Gasteiger partial charge is 0.345 e. The second kappa shape index (κ2) is 8.75. The lowest BCUT2D eigenvalue weighted by atomic mass is 10.1. The average Bonchev–Trinajstić information content (AvgIpc) is 3.11. The van der Waals surface area contributed by atoms with Crippen molar-refractivity contribution in [3.8, 4) is 11.8 Å². The zero-order chi connectivity index (χ0) is 21.9. The highest BCUT2D eigenvalue weighted by Crippen LogP contribution is 2.29. The quantitative estimate of drug-likeness (QED) is 0.506. The number of halogens is 3. The van der Waals surface area contributed by atoms with Crippen LogP contribution in [0.15, 0.2) is 29.4 Å². The fourth-order valence-corrected chi connectivity index (χ4v) is 3.15. The van der Waals surface area contributed by atoms with E-state index >= 15 is 0 Å². The number of alkyl halides is 3. The van der Waals surface area contributed by atoms with E-state index in [9.17, 15) is 18.0 Å². The zero-order valence-corrected chi connectivity index (χ0v) is 17.3. The second-order valence-corrected chi connectivity index (χ2v) is 7.18. The predicted octanol–water partition coefficient (Wildman–Crippen LogP) is 3.19. The first kappa shape index (κ1) is 21.6. The zero-order valence-electron chi connectivity index (χ0n) is 16.5. The van der Waals surface area contributed by atoms with Gasteiger partial charge in [0.05, 0.1) is 18.5 Å². The van der Waals surface area contributed by atoms with Crippen LogP contribution >= 0.6 is 11.8 Å². The normalized spacial score (nSPS) is 11.3. The molecule has 3 aromatic rings. The number of benzene rings is 1. The lowest BCUT2D eigenvalue weighted by Crippen LogP contribution is -2.26. The number of aryl methyl sites for hydroxylation is 2. The van der Waals surface area contributed by atoms with Crippen LogP contribution in [0.4, 0.5) is 13.2 Å². The van der Waals surface area contributed by atoms with Gasteiger partial charge in [0, 0.05) is 22.5 Å². The first-order chi connectivity index (χ1) is 14.2. The van der Waals surface area contributed by atoms with Gasteiger partial charge in [-0.3, -0.25) is 4.79 Å². The van der Waals surface area contributed by atoms with E-state index in [0.717, 1.165) is 23.4 Å². The molecule has 0 saturated heterocycles. The summed E-state index contributed by atoms with van der Waals surface area (Å²) in [6, 6.07) is 4.74. The molecule has 10 heteroatoms. The standard InChI is InChI=1S/C20H18F3N5OS/c1-12-16(13(2)28-18(25-12)26-19(27-28)30-3)11-17(29)24-9-5-7-14-6-4-8-15(10-14)20(21,22)23/h4,6,8,10H,9,11H2,1-3H3,(H,24,29). The van der Waals surface area contributed by atoms with Crippen LogP contribution in [-0.4, -0.2) is 38.3 Å². The third kappa shape index (κ3) is 4.91. The molecule has 1 aromatic carbocycles. The van der Waals surface area contributed by atoms with Gasteiger partial charge in [-0.25, -0.2) is 9.50 Å². The summed E-state index contributed by atoms with van der Waals surface area (Å²) in [5.74, 6) is 5.51. The molecule has 2 heterocycles. The Balaban J connectivity index is 1.66.